The Morgan fingerprint density at radius 3 is 2.68 bits per heavy atom. The minimum atomic E-state index is -0.556. The Hall–Kier alpha value is -2.70. The normalized spacial score (nSPS) is 10.2. The van der Waals surface area contributed by atoms with Gasteiger partial charge in [0, 0.05) is 6.20 Å². The molecule has 98 valence electrons. The second-order valence-electron chi connectivity index (χ2n) is 3.70. The zero-order chi connectivity index (χ0) is 14.0. The molecule has 1 aromatic heterocycles. The monoisotopic (exact) mass is 262 g/mol. The Kier molecular flexibility index (Phi) is 3.28. The number of methoxy groups -OCH3 is 1. The fourth-order valence-electron chi connectivity index (χ4n) is 1.59. The van der Waals surface area contributed by atoms with Crippen LogP contribution in [0, 0.1) is 5.82 Å². The molecule has 0 aliphatic heterocycles. The van der Waals surface area contributed by atoms with E-state index >= 15 is 0 Å². The first-order valence-electron chi connectivity index (χ1n) is 5.29. The number of ketones is 1. The van der Waals surface area contributed by atoms with Crippen LogP contribution in [-0.4, -0.2) is 22.9 Å². The summed E-state index contributed by atoms with van der Waals surface area (Å²) in [6, 6.07) is 3.62. The maximum Gasteiger partial charge on any atom is 0.221 e. The number of nitrogen functional groups attached to an aromatic ring is 2. The van der Waals surface area contributed by atoms with Crippen molar-refractivity contribution in [3.8, 4) is 5.75 Å². The largest absolute Gasteiger partial charge is 0.496 e. The molecule has 0 saturated heterocycles. The van der Waals surface area contributed by atoms with Crippen LogP contribution in [0.4, 0.5) is 16.2 Å². The maximum atomic E-state index is 13.2. The van der Waals surface area contributed by atoms with Gasteiger partial charge in [0.25, 0.3) is 0 Å². The molecular formula is C12H11FN4O2. The van der Waals surface area contributed by atoms with E-state index in [0.29, 0.717) is 0 Å². The van der Waals surface area contributed by atoms with Crippen molar-refractivity contribution in [1.82, 2.24) is 9.97 Å². The lowest BCUT2D eigenvalue weighted by atomic mass is 10.0. The number of nitrogens with two attached hydrogens (primary N) is 2. The Bertz CT molecular complexity index is 646. The Labute approximate surface area is 108 Å². The molecule has 0 amide bonds. The van der Waals surface area contributed by atoms with Gasteiger partial charge in [-0.25, -0.2) is 9.37 Å². The number of hydrogen-bond acceptors (Lipinski definition) is 6. The van der Waals surface area contributed by atoms with Gasteiger partial charge in [0.05, 0.1) is 18.2 Å². The number of hydrogen-bond donors (Lipinski definition) is 2. The van der Waals surface area contributed by atoms with Crippen LogP contribution in [-0.2, 0) is 0 Å². The lowest BCUT2D eigenvalue weighted by Gasteiger charge is -2.08. The van der Waals surface area contributed by atoms with Gasteiger partial charge in [0.1, 0.15) is 17.4 Å². The summed E-state index contributed by atoms with van der Waals surface area (Å²) in [6.45, 7) is 0. The number of anilines is 2. The van der Waals surface area contributed by atoms with Crippen LogP contribution >= 0.6 is 0 Å². The third-order valence-corrected chi connectivity index (χ3v) is 2.49. The Balaban J connectivity index is 2.52. The van der Waals surface area contributed by atoms with Gasteiger partial charge in [-0.15, -0.1) is 0 Å². The molecule has 2 rings (SSSR count). The molecule has 1 aromatic carbocycles. The number of rotatable bonds is 3. The van der Waals surface area contributed by atoms with Gasteiger partial charge in [-0.05, 0) is 18.2 Å². The highest BCUT2D eigenvalue weighted by molar-refractivity contribution is 6.13. The molecule has 0 aliphatic rings. The van der Waals surface area contributed by atoms with E-state index in [-0.39, 0.29) is 28.6 Å². The standard InChI is InChI=1S/C12H11FN4O2/c1-19-9-3-2-6(13)4-7(9)10(18)8-5-16-12(15)17-11(8)14/h2-5H,1H3,(H4,14,15,16,17). The molecule has 2 aromatic rings. The van der Waals surface area contributed by atoms with Crippen LogP contribution in [0.5, 0.6) is 5.75 Å². The first-order chi connectivity index (χ1) is 9.02. The average molecular weight is 262 g/mol. The molecule has 6 nitrogen and oxygen atoms in total. The Morgan fingerprint density at radius 1 is 1.32 bits per heavy atom. The molecule has 0 fully saturated rings. The van der Waals surface area contributed by atoms with Crippen molar-refractivity contribution < 1.29 is 13.9 Å². The minimum Gasteiger partial charge on any atom is -0.496 e. The van der Waals surface area contributed by atoms with Crippen LogP contribution in [0.25, 0.3) is 0 Å². The summed E-state index contributed by atoms with van der Waals surface area (Å²) in [5.41, 5.74) is 11.0. The first kappa shape index (κ1) is 12.7. The van der Waals surface area contributed by atoms with Gasteiger partial charge in [-0.3, -0.25) is 4.79 Å². The quantitative estimate of drug-likeness (QED) is 0.800. The van der Waals surface area contributed by atoms with Gasteiger partial charge in [0.2, 0.25) is 11.7 Å². The summed E-state index contributed by atoms with van der Waals surface area (Å²) in [6.07, 6.45) is 1.20. The summed E-state index contributed by atoms with van der Waals surface area (Å²) in [4.78, 5) is 19.6. The summed E-state index contributed by atoms with van der Waals surface area (Å²) < 4.78 is 18.2. The van der Waals surface area contributed by atoms with Crippen molar-refractivity contribution in [3.05, 3.63) is 41.3 Å². The van der Waals surface area contributed by atoms with Crippen molar-refractivity contribution in [2.24, 2.45) is 0 Å². The fraction of sp³-hybridized carbons (Fsp3) is 0.0833. The van der Waals surface area contributed by atoms with Crippen LogP contribution in [0.3, 0.4) is 0 Å². The highest BCUT2D eigenvalue weighted by atomic mass is 19.1. The van der Waals surface area contributed by atoms with Gasteiger partial charge in [-0.2, -0.15) is 4.98 Å². The van der Waals surface area contributed by atoms with Crippen LogP contribution in [0.2, 0.25) is 0 Å². The van der Waals surface area contributed by atoms with E-state index in [1.165, 1.54) is 25.4 Å². The van der Waals surface area contributed by atoms with Crippen LogP contribution in [0.15, 0.2) is 24.4 Å². The number of carbonyl (C=O) groups is 1. The van der Waals surface area contributed by atoms with Gasteiger partial charge in [-0.1, -0.05) is 0 Å². The van der Waals surface area contributed by atoms with E-state index in [1.807, 2.05) is 0 Å². The zero-order valence-electron chi connectivity index (χ0n) is 10.1. The molecule has 4 N–H and O–H groups in total. The first-order valence-corrected chi connectivity index (χ1v) is 5.29. The summed E-state index contributed by atoms with van der Waals surface area (Å²) in [7, 11) is 1.38. The molecule has 7 heteroatoms. The Morgan fingerprint density at radius 2 is 2.05 bits per heavy atom. The SMILES string of the molecule is COc1ccc(F)cc1C(=O)c1cnc(N)nc1N. The second-order valence-corrected chi connectivity index (χ2v) is 3.70. The highest BCUT2D eigenvalue weighted by Crippen LogP contribution is 2.24. The lowest BCUT2D eigenvalue weighted by Crippen LogP contribution is -2.11. The van der Waals surface area contributed by atoms with E-state index in [9.17, 15) is 9.18 Å². The number of halogens is 1. The summed E-state index contributed by atoms with van der Waals surface area (Å²) in [5.74, 6) is -0.959. The second kappa shape index (κ2) is 4.89. The van der Waals surface area contributed by atoms with Gasteiger partial charge in [0.15, 0.2) is 0 Å². The van der Waals surface area contributed by atoms with Crippen LogP contribution in [0.1, 0.15) is 15.9 Å². The lowest BCUT2D eigenvalue weighted by molar-refractivity contribution is 0.103. The van der Waals surface area contributed by atoms with E-state index in [4.69, 9.17) is 16.2 Å². The molecule has 0 aliphatic carbocycles. The third-order valence-electron chi connectivity index (χ3n) is 2.49. The molecule has 0 bridgehead atoms. The van der Waals surface area contributed by atoms with E-state index in [2.05, 4.69) is 9.97 Å². The molecule has 0 spiro atoms. The van der Waals surface area contributed by atoms with Crippen molar-refractivity contribution >= 4 is 17.5 Å². The molecule has 0 unspecified atom stereocenters. The van der Waals surface area contributed by atoms with E-state index < -0.39 is 11.6 Å². The number of benzene rings is 1. The summed E-state index contributed by atoms with van der Waals surface area (Å²) >= 11 is 0. The van der Waals surface area contributed by atoms with Crippen LogP contribution < -0.4 is 16.2 Å². The van der Waals surface area contributed by atoms with Crippen molar-refractivity contribution in [1.29, 1.82) is 0 Å². The topological polar surface area (TPSA) is 104 Å². The highest BCUT2D eigenvalue weighted by Gasteiger charge is 2.19. The molecule has 1 heterocycles. The number of aromatic nitrogens is 2. The van der Waals surface area contributed by atoms with Gasteiger partial charge >= 0.3 is 0 Å². The predicted molar refractivity (Wildman–Crippen MR) is 67.2 cm³/mol. The van der Waals surface area contributed by atoms with Crippen molar-refractivity contribution in [3.63, 3.8) is 0 Å². The van der Waals surface area contributed by atoms with Gasteiger partial charge < -0.3 is 16.2 Å². The van der Waals surface area contributed by atoms with E-state index in [1.54, 1.807) is 0 Å². The third kappa shape index (κ3) is 2.44. The molecule has 0 atom stereocenters. The zero-order valence-corrected chi connectivity index (χ0v) is 10.1. The van der Waals surface area contributed by atoms with E-state index in [0.717, 1.165) is 6.07 Å². The molecule has 19 heavy (non-hydrogen) atoms. The number of ether oxygens (including phenoxy) is 1. The summed E-state index contributed by atoms with van der Waals surface area (Å²) in [5, 5.41) is 0. The molecular weight excluding hydrogens is 251 g/mol. The minimum absolute atomic E-state index is 0.0399. The molecule has 0 radical (unpaired) electrons. The molecule has 0 saturated carbocycles. The average Bonchev–Trinajstić information content (AvgIpc) is 2.38. The maximum absolute atomic E-state index is 13.2. The van der Waals surface area contributed by atoms with Crippen molar-refractivity contribution in [2.75, 3.05) is 18.6 Å². The predicted octanol–water partition coefficient (Wildman–Crippen LogP) is 1.02. The number of nitrogens with zero attached hydrogens (tertiary/aromatic N) is 2. The smallest absolute Gasteiger partial charge is 0.221 e. The van der Waals surface area contributed by atoms with Crippen molar-refractivity contribution in [2.45, 2.75) is 0 Å². The fourth-order valence-corrected chi connectivity index (χ4v) is 1.59. The number of carbonyl (C=O) groups excluding carboxylic acids is 1.